The zero-order valence-corrected chi connectivity index (χ0v) is 17.5. The quantitative estimate of drug-likeness (QED) is 0.487. The molecule has 3 aromatic heterocycles. The summed E-state index contributed by atoms with van der Waals surface area (Å²) in [4.78, 5) is 7.11. The van der Waals surface area contributed by atoms with E-state index in [0.717, 1.165) is 27.6 Å². The molecule has 0 unspecified atom stereocenters. The Balaban J connectivity index is 1.67. The lowest BCUT2D eigenvalue weighted by Crippen LogP contribution is -2.07. The van der Waals surface area contributed by atoms with Gasteiger partial charge in [-0.2, -0.15) is 9.61 Å². The Morgan fingerprint density at radius 3 is 2.38 bits per heavy atom. The molecule has 7 nitrogen and oxygen atoms in total. The molecule has 0 aliphatic carbocycles. The number of hydrogen-bond acceptors (Lipinski definition) is 7. The van der Waals surface area contributed by atoms with E-state index in [0.29, 0.717) is 23.8 Å². The summed E-state index contributed by atoms with van der Waals surface area (Å²) in [6.07, 6.45) is 1.75. The molecule has 0 saturated carbocycles. The van der Waals surface area contributed by atoms with Crippen molar-refractivity contribution in [1.82, 2.24) is 14.6 Å². The predicted molar refractivity (Wildman–Crippen MR) is 114 cm³/mol. The molecule has 0 fully saturated rings. The van der Waals surface area contributed by atoms with E-state index in [2.05, 4.69) is 29.5 Å². The minimum Gasteiger partial charge on any atom is -0.493 e. The molecule has 0 saturated heterocycles. The fourth-order valence-corrected chi connectivity index (χ4v) is 4.00. The summed E-state index contributed by atoms with van der Waals surface area (Å²) >= 11 is 1.72. The number of nitrogens with one attached hydrogen (secondary N) is 1. The first-order chi connectivity index (χ1) is 14.1. The van der Waals surface area contributed by atoms with Crippen LogP contribution in [-0.2, 0) is 6.54 Å². The van der Waals surface area contributed by atoms with Crippen molar-refractivity contribution in [3.63, 3.8) is 0 Å². The molecule has 150 valence electrons. The monoisotopic (exact) mass is 410 g/mol. The van der Waals surface area contributed by atoms with Gasteiger partial charge >= 0.3 is 0 Å². The Hall–Kier alpha value is -3.26. The molecule has 0 atom stereocenters. The normalized spacial score (nSPS) is 10.9. The van der Waals surface area contributed by atoms with Crippen LogP contribution >= 0.6 is 11.3 Å². The van der Waals surface area contributed by atoms with Crippen molar-refractivity contribution < 1.29 is 14.2 Å². The Morgan fingerprint density at radius 2 is 1.76 bits per heavy atom. The van der Waals surface area contributed by atoms with Gasteiger partial charge in [0.25, 0.3) is 0 Å². The molecular formula is C21H22N4O3S. The average molecular weight is 410 g/mol. The number of anilines is 1. The number of aryl methyl sites for hydroxylation is 1. The average Bonchev–Trinajstić information content (AvgIpc) is 3.39. The number of rotatable bonds is 7. The highest BCUT2D eigenvalue weighted by Crippen LogP contribution is 2.38. The van der Waals surface area contributed by atoms with E-state index in [9.17, 15) is 0 Å². The fraction of sp³-hybridized carbons (Fsp3) is 0.238. The lowest BCUT2D eigenvalue weighted by atomic mass is 10.1. The van der Waals surface area contributed by atoms with Crippen LogP contribution in [0.4, 0.5) is 5.82 Å². The number of benzene rings is 1. The molecule has 8 heteroatoms. The Labute approximate surface area is 172 Å². The third-order valence-corrected chi connectivity index (χ3v) is 5.57. The lowest BCUT2D eigenvalue weighted by molar-refractivity contribution is 0.324. The molecule has 0 radical (unpaired) electrons. The summed E-state index contributed by atoms with van der Waals surface area (Å²) in [5.74, 6) is 2.68. The topological polar surface area (TPSA) is 69.9 Å². The van der Waals surface area contributed by atoms with Gasteiger partial charge in [0.05, 0.1) is 38.1 Å². The standard InChI is InChI=1S/C21H22N4O3S/c1-13-5-6-18(29-13)15-11-20(25-19(24-15)7-8-23-25)22-12-14-9-16(26-2)21(28-4)17(10-14)27-3/h5-11,22H,12H2,1-4H3. The molecular weight excluding hydrogens is 388 g/mol. The Bertz CT molecular complexity index is 1130. The molecule has 1 N–H and O–H groups in total. The van der Waals surface area contributed by atoms with Gasteiger partial charge in [0.2, 0.25) is 5.75 Å². The van der Waals surface area contributed by atoms with Crippen molar-refractivity contribution in [2.45, 2.75) is 13.5 Å². The van der Waals surface area contributed by atoms with E-state index in [1.807, 2.05) is 24.3 Å². The summed E-state index contributed by atoms with van der Waals surface area (Å²) in [5, 5.41) is 7.85. The molecule has 4 aromatic rings. The van der Waals surface area contributed by atoms with Crippen molar-refractivity contribution >= 4 is 22.8 Å². The highest BCUT2D eigenvalue weighted by atomic mass is 32.1. The lowest BCUT2D eigenvalue weighted by Gasteiger charge is -2.15. The summed E-state index contributed by atoms with van der Waals surface area (Å²) in [7, 11) is 4.82. The highest BCUT2D eigenvalue weighted by molar-refractivity contribution is 7.15. The van der Waals surface area contributed by atoms with E-state index in [1.54, 1.807) is 43.4 Å². The minimum atomic E-state index is 0.554. The zero-order valence-electron chi connectivity index (χ0n) is 16.7. The van der Waals surface area contributed by atoms with Crippen LogP contribution < -0.4 is 19.5 Å². The SMILES string of the molecule is COc1cc(CNc2cc(-c3ccc(C)s3)nc3ccnn23)cc(OC)c1OC. The van der Waals surface area contributed by atoms with Gasteiger partial charge in [-0.15, -0.1) is 11.3 Å². The van der Waals surface area contributed by atoms with Crippen LogP contribution in [0, 0.1) is 6.92 Å². The van der Waals surface area contributed by atoms with E-state index >= 15 is 0 Å². The summed E-state index contributed by atoms with van der Waals surface area (Å²) in [5.41, 5.74) is 2.70. The van der Waals surface area contributed by atoms with E-state index in [1.165, 1.54) is 4.88 Å². The first kappa shape index (κ1) is 19.1. The van der Waals surface area contributed by atoms with Crippen molar-refractivity contribution in [2.75, 3.05) is 26.6 Å². The van der Waals surface area contributed by atoms with Gasteiger partial charge in [0.1, 0.15) is 5.82 Å². The molecule has 29 heavy (non-hydrogen) atoms. The molecule has 0 spiro atoms. The van der Waals surface area contributed by atoms with E-state index in [4.69, 9.17) is 19.2 Å². The van der Waals surface area contributed by atoms with Crippen molar-refractivity contribution in [3.8, 4) is 27.8 Å². The van der Waals surface area contributed by atoms with E-state index < -0.39 is 0 Å². The molecule has 0 aliphatic rings. The van der Waals surface area contributed by atoms with Crippen LogP contribution in [0.3, 0.4) is 0 Å². The number of fused-ring (bicyclic) bond motifs is 1. The van der Waals surface area contributed by atoms with Gasteiger partial charge in [-0.1, -0.05) is 0 Å². The van der Waals surface area contributed by atoms with E-state index in [-0.39, 0.29) is 0 Å². The maximum Gasteiger partial charge on any atom is 0.203 e. The first-order valence-corrected chi connectivity index (χ1v) is 9.89. The molecule has 1 aromatic carbocycles. The van der Waals surface area contributed by atoms with Crippen LogP contribution in [0.25, 0.3) is 16.2 Å². The van der Waals surface area contributed by atoms with Gasteiger partial charge in [0.15, 0.2) is 17.1 Å². The summed E-state index contributed by atoms with van der Waals surface area (Å²) in [6, 6.07) is 12.0. The van der Waals surface area contributed by atoms with Gasteiger partial charge in [0, 0.05) is 23.6 Å². The molecule has 3 heterocycles. The second kappa shape index (κ2) is 8.00. The van der Waals surface area contributed by atoms with Gasteiger partial charge in [-0.3, -0.25) is 0 Å². The van der Waals surface area contributed by atoms with Crippen LogP contribution in [0.2, 0.25) is 0 Å². The summed E-state index contributed by atoms with van der Waals surface area (Å²) in [6.45, 7) is 2.65. The maximum absolute atomic E-state index is 5.45. The number of nitrogens with zero attached hydrogens (tertiary/aromatic N) is 3. The van der Waals surface area contributed by atoms with Crippen molar-refractivity contribution in [3.05, 3.63) is 53.0 Å². The number of methoxy groups -OCH3 is 3. The van der Waals surface area contributed by atoms with Gasteiger partial charge < -0.3 is 19.5 Å². The highest BCUT2D eigenvalue weighted by Gasteiger charge is 2.14. The van der Waals surface area contributed by atoms with Gasteiger partial charge in [-0.25, -0.2) is 4.98 Å². The number of aromatic nitrogens is 3. The smallest absolute Gasteiger partial charge is 0.203 e. The van der Waals surface area contributed by atoms with Crippen LogP contribution in [0.1, 0.15) is 10.4 Å². The number of hydrogen-bond donors (Lipinski definition) is 1. The van der Waals surface area contributed by atoms with Crippen LogP contribution in [-0.4, -0.2) is 35.9 Å². The van der Waals surface area contributed by atoms with Crippen molar-refractivity contribution in [2.24, 2.45) is 0 Å². The van der Waals surface area contributed by atoms with Crippen molar-refractivity contribution in [1.29, 1.82) is 0 Å². The molecule has 0 aliphatic heterocycles. The number of ether oxygens (including phenoxy) is 3. The number of thiophene rings is 1. The molecule has 4 rings (SSSR count). The zero-order chi connectivity index (χ0) is 20.4. The predicted octanol–water partition coefficient (Wildman–Crippen LogP) is 4.40. The Morgan fingerprint density at radius 1 is 1.00 bits per heavy atom. The first-order valence-electron chi connectivity index (χ1n) is 9.07. The third-order valence-electron chi connectivity index (χ3n) is 4.55. The van der Waals surface area contributed by atoms with Crippen LogP contribution in [0.15, 0.2) is 42.6 Å². The van der Waals surface area contributed by atoms with Gasteiger partial charge in [-0.05, 0) is 36.8 Å². The fourth-order valence-electron chi connectivity index (χ4n) is 3.17. The molecule has 0 amide bonds. The minimum absolute atomic E-state index is 0.554. The third kappa shape index (κ3) is 3.71. The Kier molecular flexibility index (Phi) is 5.26. The molecule has 0 bridgehead atoms. The second-order valence-electron chi connectivity index (χ2n) is 6.43. The maximum atomic E-state index is 5.45. The summed E-state index contributed by atoms with van der Waals surface area (Å²) < 4.78 is 18.1. The van der Waals surface area contributed by atoms with Crippen LogP contribution in [0.5, 0.6) is 17.2 Å². The largest absolute Gasteiger partial charge is 0.493 e. The second-order valence-corrected chi connectivity index (χ2v) is 7.71.